The number of hydrogen-bond donors (Lipinski definition) is 1. The zero-order chi connectivity index (χ0) is 19.3. The van der Waals surface area contributed by atoms with E-state index >= 15 is 0 Å². The molecule has 0 unspecified atom stereocenters. The Balaban J connectivity index is 2.11. The molecular weight excluding hydrogens is 396 g/mol. The van der Waals surface area contributed by atoms with Crippen LogP contribution >= 0.6 is 23.4 Å². The van der Waals surface area contributed by atoms with E-state index in [1.54, 1.807) is 18.2 Å². The van der Waals surface area contributed by atoms with E-state index in [-0.39, 0.29) is 22.3 Å². The Labute approximate surface area is 162 Å². The highest BCUT2D eigenvalue weighted by molar-refractivity contribution is 8.00. The molecule has 0 spiro atoms. The van der Waals surface area contributed by atoms with Crippen molar-refractivity contribution in [1.29, 1.82) is 0 Å². The third-order valence-corrected chi connectivity index (χ3v) is 6.49. The molecule has 6 nitrogen and oxygen atoms in total. The number of benzene rings is 2. The molecule has 140 valence electrons. The van der Waals surface area contributed by atoms with Gasteiger partial charge < -0.3 is 10.1 Å². The van der Waals surface area contributed by atoms with E-state index in [1.165, 1.54) is 45.1 Å². The SMILES string of the molecule is COc1ccc(NC(=O)CSc2ccc(Cl)cc2)cc1S(=O)(=O)N(C)C. The van der Waals surface area contributed by atoms with Crippen LogP contribution in [0.2, 0.25) is 5.02 Å². The Hall–Kier alpha value is -1.74. The molecule has 0 aliphatic carbocycles. The van der Waals surface area contributed by atoms with Crippen molar-refractivity contribution in [1.82, 2.24) is 4.31 Å². The summed E-state index contributed by atoms with van der Waals surface area (Å²) >= 11 is 7.19. The molecule has 9 heteroatoms. The zero-order valence-corrected chi connectivity index (χ0v) is 16.9. The number of nitrogens with zero attached hydrogens (tertiary/aromatic N) is 1. The summed E-state index contributed by atoms with van der Waals surface area (Å²) in [6, 6.07) is 11.7. The van der Waals surface area contributed by atoms with Gasteiger partial charge in [0, 0.05) is 29.7 Å². The second kappa shape index (κ2) is 8.77. The van der Waals surface area contributed by atoms with Crippen LogP contribution in [0.4, 0.5) is 5.69 Å². The van der Waals surface area contributed by atoms with Gasteiger partial charge in [0.15, 0.2) is 0 Å². The van der Waals surface area contributed by atoms with Gasteiger partial charge in [-0.2, -0.15) is 0 Å². The summed E-state index contributed by atoms with van der Waals surface area (Å²) in [5.74, 6) is 0.152. The number of carbonyl (C=O) groups is 1. The van der Waals surface area contributed by atoms with Crippen LogP contribution in [0.3, 0.4) is 0 Å². The van der Waals surface area contributed by atoms with E-state index < -0.39 is 10.0 Å². The highest BCUT2D eigenvalue weighted by atomic mass is 35.5. The summed E-state index contributed by atoms with van der Waals surface area (Å²) in [6.07, 6.45) is 0. The number of halogens is 1. The summed E-state index contributed by atoms with van der Waals surface area (Å²) in [6.45, 7) is 0. The number of methoxy groups -OCH3 is 1. The second-order valence-corrected chi connectivity index (χ2v) is 9.05. The van der Waals surface area contributed by atoms with Gasteiger partial charge in [0.1, 0.15) is 10.6 Å². The van der Waals surface area contributed by atoms with Gasteiger partial charge in [-0.1, -0.05) is 11.6 Å². The normalized spacial score (nSPS) is 11.4. The Kier molecular flexibility index (Phi) is 6.94. The molecule has 0 saturated carbocycles. The topological polar surface area (TPSA) is 75.7 Å². The smallest absolute Gasteiger partial charge is 0.246 e. The Morgan fingerprint density at radius 3 is 2.42 bits per heavy atom. The molecule has 1 N–H and O–H groups in total. The van der Waals surface area contributed by atoms with Gasteiger partial charge in [-0.25, -0.2) is 12.7 Å². The van der Waals surface area contributed by atoms with Crippen molar-refractivity contribution >= 4 is 45.0 Å². The number of nitrogens with one attached hydrogen (secondary N) is 1. The molecule has 0 bridgehead atoms. The largest absolute Gasteiger partial charge is 0.495 e. The van der Waals surface area contributed by atoms with Gasteiger partial charge in [-0.05, 0) is 42.5 Å². The van der Waals surface area contributed by atoms with Crippen molar-refractivity contribution in [3.05, 3.63) is 47.5 Å². The maximum atomic E-state index is 12.4. The molecule has 0 atom stereocenters. The fourth-order valence-electron chi connectivity index (χ4n) is 2.03. The maximum Gasteiger partial charge on any atom is 0.246 e. The fourth-order valence-corrected chi connectivity index (χ4v) is 3.93. The maximum absolute atomic E-state index is 12.4. The summed E-state index contributed by atoms with van der Waals surface area (Å²) in [7, 11) is 0.563. The molecule has 1 amide bonds. The number of carbonyl (C=O) groups excluding carboxylic acids is 1. The average Bonchev–Trinajstić information content (AvgIpc) is 2.61. The molecule has 2 rings (SSSR count). The monoisotopic (exact) mass is 414 g/mol. The summed E-state index contributed by atoms with van der Waals surface area (Å²) in [4.78, 5) is 13.1. The molecule has 0 fully saturated rings. The second-order valence-electron chi connectivity index (χ2n) is 5.44. The molecule has 0 aliphatic heterocycles. The minimum atomic E-state index is -3.70. The first-order valence-corrected chi connectivity index (χ1v) is 10.3. The molecule has 0 aliphatic rings. The van der Waals surface area contributed by atoms with Crippen LogP contribution in [0, 0.1) is 0 Å². The van der Waals surface area contributed by atoms with E-state index in [2.05, 4.69) is 5.32 Å². The quantitative estimate of drug-likeness (QED) is 0.703. The number of amides is 1. The summed E-state index contributed by atoms with van der Waals surface area (Å²) in [5, 5.41) is 3.33. The third kappa shape index (κ3) is 5.14. The van der Waals surface area contributed by atoms with Gasteiger partial charge in [-0.3, -0.25) is 4.79 Å². The van der Waals surface area contributed by atoms with E-state index in [4.69, 9.17) is 16.3 Å². The molecule has 0 saturated heterocycles. The van der Waals surface area contributed by atoms with E-state index in [1.807, 2.05) is 12.1 Å². The molecule has 0 radical (unpaired) electrons. The Morgan fingerprint density at radius 2 is 1.85 bits per heavy atom. The molecule has 2 aromatic carbocycles. The minimum absolute atomic E-state index is 0.00634. The van der Waals surface area contributed by atoms with Gasteiger partial charge in [-0.15, -0.1) is 11.8 Å². The fraction of sp³-hybridized carbons (Fsp3) is 0.235. The molecule has 0 heterocycles. The number of hydrogen-bond acceptors (Lipinski definition) is 5. The van der Waals surface area contributed by atoms with E-state index in [0.29, 0.717) is 10.7 Å². The standard InChI is InChI=1S/C17H19ClN2O4S2/c1-20(2)26(22,23)16-10-13(6-9-15(16)24-3)19-17(21)11-25-14-7-4-12(18)5-8-14/h4-10H,11H2,1-3H3,(H,19,21). The lowest BCUT2D eigenvalue weighted by Crippen LogP contribution is -2.23. The van der Waals surface area contributed by atoms with E-state index in [0.717, 1.165) is 9.20 Å². The number of anilines is 1. The Morgan fingerprint density at radius 1 is 1.19 bits per heavy atom. The van der Waals surface area contributed by atoms with Gasteiger partial charge in [0.2, 0.25) is 15.9 Å². The lowest BCUT2D eigenvalue weighted by Gasteiger charge is -2.16. The summed E-state index contributed by atoms with van der Waals surface area (Å²) < 4.78 is 31.0. The van der Waals surface area contributed by atoms with Crippen LogP contribution in [0.5, 0.6) is 5.75 Å². The van der Waals surface area contributed by atoms with Crippen LogP contribution in [0.25, 0.3) is 0 Å². The van der Waals surface area contributed by atoms with Crippen LogP contribution in [-0.2, 0) is 14.8 Å². The predicted octanol–water partition coefficient (Wildman–Crippen LogP) is 3.33. The van der Waals surface area contributed by atoms with Crippen molar-refractivity contribution in [3.63, 3.8) is 0 Å². The Bertz CT molecular complexity index is 884. The number of thioether (sulfide) groups is 1. The first-order valence-electron chi connectivity index (χ1n) is 7.53. The van der Waals surface area contributed by atoms with Crippen LogP contribution < -0.4 is 10.1 Å². The highest BCUT2D eigenvalue weighted by Gasteiger charge is 2.23. The lowest BCUT2D eigenvalue weighted by atomic mass is 10.3. The van der Waals surface area contributed by atoms with Gasteiger partial charge >= 0.3 is 0 Å². The van der Waals surface area contributed by atoms with Crippen molar-refractivity contribution in [3.8, 4) is 5.75 Å². The van der Waals surface area contributed by atoms with Gasteiger partial charge in [0.05, 0.1) is 12.9 Å². The van der Waals surface area contributed by atoms with Crippen molar-refractivity contribution in [2.24, 2.45) is 0 Å². The molecule has 26 heavy (non-hydrogen) atoms. The predicted molar refractivity (Wildman–Crippen MR) is 105 cm³/mol. The lowest BCUT2D eigenvalue weighted by molar-refractivity contribution is -0.113. The van der Waals surface area contributed by atoms with Crippen LogP contribution in [-0.4, -0.2) is 45.6 Å². The van der Waals surface area contributed by atoms with Crippen molar-refractivity contribution in [2.45, 2.75) is 9.79 Å². The average molecular weight is 415 g/mol. The molecule has 2 aromatic rings. The van der Waals surface area contributed by atoms with Crippen molar-refractivity contribution < 1.29 is 17.9 Å². The van der Waals surface area contributed by atoms with E-state index in [9.17, 15) is 13.2 Å². The number of rotatable bonds is 7. The highest BCUT2D eigenvalue weighted by Crippen LogP contribution is 2.29. The first kappa shape index (κ1) is 20.6. The van der Waals surface area contributed by atoms with Gasteiger partial charge in [0.25, 0.3) is 0 Å². The molecular formula is C17H19ClN2O4S2. The van der Waals surface area contributed by atoms with Crippen molar-refractivity contribution in [2.75, 3.05) is 32.3 Å². The summed E-state index contributed by atoms with van der Waals surface area (Å²) in [5.41, 5.74) is 0.382. The zero-order valence-electron chi connectivity index (χ0n) is 14.5. The third-order valence-electron chi connectivity index (χ3n) is 3.39. The number of sulfonamides is 1. The minimum Gasteiger partial charge on any atom is -0.495 e. The first-order chi connectivity index (χ1) is 12.2. The molecule has 0 aromatic heterocycles. The number of ether oxygens (including phenoxy) is 1. The van der Waals surface area contributed by atoms with Crippen LogP contribution in [0.15, 0.2) is 52.3 Å². The van der Waals surface area contributed by atoms with Crippen LogP contribution in [0.1, 0.15) is 0 Å².